The van der Waals surface area contributed by atoms with Crippen molar-refractivity contribution in [2.24, 2.45) is 5.73 Å². The van der Waals surface area contributed by atoms with Crippen molar-refractivity contribution in [3.8, 4) is 11.3 Å². The van der Waals surface area contributed by atoms with Crippen molar-refractivity contribution in [3.63, 3.8) is 0 Å². The molecule has 3 N–H and O–H groups in total. The van der Waals surface area contributed by atoms with Gasteiger partial charge in [-0.3, -0.25) is 9.89 Å². The highest BCUT2D eigenvalue weighted by atomic mass is 16.1. The molecular weight excluding hydrogens is 202 g/mol. The third kappa shape index (κ3) is 2.17. The number of amides is 1. The fraction of sp³-hybridized carbons (Fsp3) is 0. The van der Waals surface area contributed by atoms with E-state index in [-0.39, 0.29) is 0 Å². The standard InChI is InChI=1S/C12H11N3O/c13-12(16)6-5-9-3-1-2-4-10(9)11-7-8-14-15-11/h1-8H,(H2,13,16)(H,14,15)/b6-5-. The summed E-state index contributed by atoms with van der Waals surface area (Å²) in [5, 5.41) is 6.78. The summed E-state index contributed by atoms with van der Waals surface area (Å²) in [5.41, 5.74) is 7.88. The van der Waals surface area contributed by atoms with Crippen LogP contribution in [-0.2, 0) is 4.79 Å². The molecule has 0 bridgehead atoms. The largest absolute Gasteiger partial charge is 0.366 e. The van der Waals surface area contributed by atoms with E-state index >= 15 is 0 Å². The minimum atomic E-state index is -0.459. The third-order valence-corrected chi connectivity index (χ3v) is 2.18. The average molecular weight is 213 g/mol. The highest BCUT2D eigenvalue weighted by molar-refractivity contribution is 5.91. The van der Waals surface area contributed by atoms with Crippen LogP contribution < -0.4 is 5.73 Å². The van der Waals surface area contributed by atoms with Crippen molar-refractivity contribution in [2.45, 2.75) is 0 Å². The van der Waals surface area contributed by atoms with Crippen molar-refractivity contribution < 1.29 is 4.79 Å². The molecule has 1 aromatic carbocycles. The molecule has 0 spiro atoms. The van der Waals surface area contributed by atoms with Gasteiger partial charge in [-0.2, -0.15) is 5.10 Å². The molecular formula is C12H11N3O. The number of nitrogens with one attached hydrogen (secondary N) is 1. The Balaban J connectivity index is 2.42. The second-order valence-corrected chi connectivity index (χ2v) is 3.29. The number of rotatable bonds is 3. The van der Waals surface area contributed by atoms with Crippen LogP contribution in [0, 0.1) is 0 Å². The van der Waals surface area contributed by atoms with Gasteiger partial charge in [-0.15, -0.1) is 0 Å². The van der Waals surface area contributed by atoms with Gasteiger partial charge < -0.3 is 5.73 Å². The maximum atomic E-state index is 10.7. The van der Waals surface area contributed by atoms with Crippen molar-refractivity contribution >= 4 is 12.0 Å². The van der Waals surface area contributed by atoms with Crippen LogP contribution in [0.25, 0.3) is 17.3 Å². The quantitative estimate of drug-likeness (QED) is 0.760. The predicted molar refractivity (Wildman–Crippen MR) is 62.3 cm³/mol. The van der Waals surface area contributed by atoms with E-state index in [1.165, 1.54) is 6.08 Å². The van der Waals surface area contributed by atoms with Gasteiger partial charge in [-0.1, -0.05) is 24.3 Å². The Morgan fingerprint density at radius 1 is 1.31 bits per heavy atom. The number of nitrogens with two attached hydrogens (primary N) is 1. The fourth-order valence-electron chi connectivity index (χ4n) is 1.47. The summed E-state index contributed by atoms with van der Waals surface area (Å²) in [6.45, 7) is 0. The number of nitrogens with zero attached hydrogens (tertiary/aromatic N) is 1. The third-order valence-electron chi connectivity index (χ3n) is 2.18. The van der Waals surface area contributed by atoms with Crippen LogP contribution in [0.4, 0.5) is 0 Å². The molecule has 1 heterocycles. The lowest BCUT2D eigenvalue weighted by atomic mass is 10.0. The molecule has 0 fully saturated rings. The number of carbonyl (C=O) groups excluding carboxylic acids is 1. The Kier molecular flexibility index (Phi) is 2.82. The molecule has 0 aliphatic carbocycles. The number of hydrogen-bond acceptors (Lipinski definition) is 2. The van der Waals surface area contributed by atoms with Crippen LogP contribution in [0.5, 0.6) is 0 Å². The minimum absolute atomic E-state index is 0.459. The Labute approximate surface area is 92.8 Å². The van der Waals surface area contributed by atoms with E-state index in [2.05, 4.69) is 10.2 Å². The van der Waals surface area contributed by atoms with E-state index < -0.39 is 5.91 Å². The summed E-state index contributed by atoms with van der Waals surface area (Å²) in [6, 6.07) is 9.57. The molecule has 0 aliphatic heterocycles. The molecule has 0 aliphatic rings. The molecule has 2 aromatic rings. The maximum absolute atomic E-state index is 10.7. The maximum Gasteiger partial charge on any atom is 0.241 e. The second-order valence-electron chi connectivity index (χ2n) is 3.29. The first kappa shape index (κ1) is 10.2. The molecule has 1 amide bonds. The van der Waals surface area contributed by atoms with Gasteiger partial charge >= 0.3 is 0 Å². The first-order valence-corrected chi connectivity index (χ1v) is 4.83. The van der Waals surface area contributed by atoms with Gasteiger partial charge in [0.25, 0.3) is 0 Å². The normalized spacial score (nSPS) is 10.8. The van der Waals surface area contributed by atoms with E-state index in [1.54, 1.807) is 12.3 Å². The Hall–Kier alpha value is -2.36. The summed E-state index contributed by atoms with van der Waals surface area (Å²) in [7, 11) is 0. The van der Waals surface area contributed by atoms with Crippen molar-refractivity contribution in [2.75, 3.05) is 0 Å². The average Bonchev–Trinajstić information content (AvgIpc) is 2.80. The van der Waals surface area contributed by atoms with Gasteiger partial charge in [-0.25, -0.2) is 0 Å². The van der Waals surface area contributed by atoms with E-state index in [9.17, 15) is 4.79 Å². The van der Waals surface area contributed by atoms with Crippen LogP contribution >= 0.6 is 0 Å². The van der Waals surface area contributed by atoms with Gasteiger partial charge in [0.1, 0.15) is 0 Å². The van der Waals surface area contributed by atoms with Crippen molar-refractivity contribution in [1.82, 2.24) is 10.2 Å². The Morgan fingerprint density at radius 2 is 2.12 bits per heavy atom. The van der Waals surface area contributed by atoms with Gasteiger partial charge in [0.2, 0.25) is 5.91 Å². The first-order valence-electron chi connectivity index (χ1n) is 4.83. The fourth-order valence-corrected chi connectivity index (χ4v) is 1.47. The number of aromatic nitrogens is 2. The SMILES string of the molecule is NC(=O)/C=C\c1ccccc1-c1ccn[nH]1. The number of aromatic amines is 1. The molecule has 0 saturated heterocycles. The lowest BCUT2D eigenvalue weighted by molar-refractivity contribution is -0.113. The smallest absolute Gasteiger partial charge is 0.241 e. The zero-order valence-electron chi connectivity index (χ0n) is 8.55. The van der Waals surface area contributed by atoms with Crippen LogP contribution in [0.3, 0.4) is 0 Å². The van der Waals surface area contributed by atoms with Crippen molar-refractivity contribution in [1.29, 1.82) is 0 Å². The first-order chi connectivity index (χ1) is 7.77. The van der Waals surface area contributed by atoms with E-state index in [0.717, 1.165) is 16.8 Å². The summed E-state index contributed by atoms with van der Waals surface area (Å²) >= 11 is 0. The number of primary amides is 1. The molecule has 2 rings (SSSR count). The summed E-state index contributed by atoms with van der Waals surface area (Å²) in [4.78, 5) is 10.7. The lowest BCUT2D eigenvalue weighted by Gasteiger charge is -2.02. The van der Waals surface area contributed by atoms with E-state index in [4.69, 9.17) is 5.73 Å². The molecule has 80 valence electrons. The van der Waals surface area contributed by atoms with E-state index in [1.807, 2.05) is 30.3 Å². The van der Waals surface area contributed by atoms with E-state index in [0.29, 0.717) is 0 Å². The van der Waals surface area contributed by atoms with Crippen LogP contribution in [0.2, 0.25) is 0 Å². The molecule has 0 unspecified atom stereocenters. The number of carbonyl (C=O) groups is 1. The summed E-state index contributed by atoms with van der Waals surface area (Å²) < 4.78 is 0. The number of benzene rings is 1. The van der Waals surface area contributed by atoms with Gasteiger partial charge in [0, 0.05) is 17.8 Å². The second kappa shape index (κ2) is 4.44. The highest BCUT2D eigenvalue weighted by Gasteiger charge is 2.02. The molecule has 0 atom stereocenters. The van der Waals surface area contributed by atoms with Crippen LogP contribution in [0.15, 0.2) is 42.6 Å². The highest BCUT2D eigenvalue weighted by Crippen LogP contribution is 2.22. The van der Waals surface area contributed by atoms with Gasteiger partial charge in [0.05, 0.1) is 5.69 Å². The summed E-state index contributed by atoms with van der Waals surface area (Å²) in [5.74, 6) is -0.459. The van der Waals surface area contributed by atoms with Gasteiger partial charge in [0.15, 0.2) is 0 Å². The number of hydrogen-bond donors (Lipinski definition) is 2. The number of H-pyrrole nitrogens is 1. The zero-order chi connectivity index (χ0) is 11.4. The monoisotopic (exact) mass is 213 g/mol. The molecule has 0 radical (unpaired) electrons. The van der Waals surface area contributed by atoms with Crippen LogP contribution in [-0.4, -0.2) is 16.1 Å². The topological polar surface area (TPSA) is 71.8 Å². The molecule has 4 heteroatoms. The van der Waals surface area contributed by atoms with Gasteiger partial charge in [-0.05, 0) is 17.7 Å². The summed E-state index contributed by atoms with van der Waals surface area (Å²) in [6.07, 6.45) is 4.72. The van der Waals surface area contributed by atoms with Crippen molar-refractivity contribution in [3.05, 3.63) is 48.2 Å². The molecule has 0 saturated carbocycles. The Bertz CT molecular complexity index is 515. The minimum Gasteiger partial charge on any atom is -0.366 e. The van der Waals surface area contributed by atoms with Crippen LogP contribution in [0.1, 0.15) is 5.56 Å². The lowest BCUT2D eigenvalue weighted by Crippen LogP contribution is -2.05. The molecule has 16 heavy (non-hydrogen) atoms. The zero-order valence-corrected chi connectivity index (χ0v) is 8.55. The molecule has 1 aromatic heterocycles. The predicted octanol–water partition coefficient (Wildman–Crippen LogP) is 1.58. The molecule has 4 nitrogen and oxygen atoms in total. The Morgan fingerprint density at radius 3 is 2.81 bits per heavy atom.